The van der Waals surface area contributed by atoms with Gasteiger partial charge >= 0.3 is 0 Å². The summed E-state index contributed by atoms with van der Waals surface area (Å²) in [4.78, 5) is 0. The summed E-state index contributed by atoms with van der Waals surface area (Å²) in [6, 6.07) is -0.241. The van der Waals surface area contributed by atoms with Gasteiger partial charge in [0.1, 0.15) is 0 Å². The van der Waals surface area contributed by atoms with Crippen molar-refractivity contribution in [3.05, 3.63) is 0 Å². The summed E-state index contributed by atoms with van der Waals surface area (Å²) in [7, 11) is -2.84. The van der Waals surface area contributed by atoms with Gasteiger partial charge in [-0.15, -0.1) is 0 Å². The van der Waals surface area contributed by atoms with E-state index in [9.17, 15) is 8.42 Å². The van der Waals surface area contributed by atoms with Gasteiger partial charge in [0.05, 0.1) is 5.75 Å². The molecule has 0 aliphatic heterocycles. The van der Waals surface area contributed by atoms with E-state index in [2.05, 4.69) is 0 Å². The van der Waals surface area contributed by atoms with Crippen LogP contribution in [0.1, 0.15) is 13.8 Å². The molecule has 0 saturated heterocycles. The first kappa shape index (κ1) is 8.91. The summed E-state index contributed by atoms with van der Waals surface area (Å²) in [5.41, 5.74) is 5.27. The minimum atomic E-state index is -2.84. The standard InChI is InChI=1S/C5H13NO2S/c1-3-9(7,8)4-5(2)6/h5H,3-4,6H2,1-2H3/t5-/m1/s1. The second-order valence-electron chi connectivity index (χ2n) is 2.18. The molecule has 0 amide bonds. The number of rotatable bonds is 3. The molecule has 4 heteroatoms. The maximum absolute atomic E-state index is 10.7. The van der Waals surface area contributed by atoms with E-state index in [1.807, 2.05) is 0 Å². The van der Waals surface area contributed by atoms with Gasteiger partial charge in [0, 0.05) is 11.8 Å². The van der Waals surface area contributed by atoms with Crippen LogP contribution in [0.5, 0.6) is 0 Å². The van der Waals surface area contributed by atoms with E-state index in [1.165, 1.54) is 0 Å². The first-order chi connectivity index (χ1) is 3.98. The second kappa shape index (κ2) is 3.17. The van der Waals surface area contributed by atoms with Crippen LogP contribution in [-0.4, -0.2) is 26.0 Å². The lowest BCUT2D eigenvalue weighted by molar-refractivity contribution is 0.591. The van der Waals surface area contributed by atoms with Crippen molar-refractivity contribution in [2.24, 2.45) is 5.73 Å². The van der Waals surface area contributed by atoms with Crippen LogP contribution in [-0.2, 0) is 9.84 Å². The van der Waals surface area contributed by atoms with E-state index in [0.717, 1.165) is 0 Å². The lowest BCUT2D eigenvalue weighted by Crippen LogP contribution is -2.26. The molecule has 0 aromatic heterocycles. The Bertz CT molecular complexity index is 160. The van der Waals surface area contributed by atoms with Gasteiger partial charge in [-0.25, -0.2) is 8.42 Å². The van der Waals surface area contributed by atoms with E-state index >= 15 is 0 Å². The first-order valence-electron chi connectivity index (χ1n) is 2.94. The molecule has 9 heavy (non-hydrogen) atoms. The lowest BCUT2D eigenvalue weighted by Gasteiger charge is -2.02. The first-order valence-corrected chi connectivity index (χ1v) is 4.76. The minimum Gasteiger partial charge on any atom is -0.327 e. The maximum atomic E-state index is 10.7. The second-order valence-corrected chi connectivity index (χ2v) is 4.57. The summed E-state index contributed by atoms with van der Waals surface area (Å²) in [6.45, 7) is 3.31. The number of nitrogens with two attached hydrogens (primary N) is 1. The molecular formula is C5H13NO2S. The zero-order chi connectivity index (χ0) is 7.49. The molecule has 0 unspecified atom stereocenters. The van der Waals surface area contributed by atoms with Gasteiger partial charge in [0.15, 0.2) is 9.84 Å². The highest BCUT2D eigenvalue weighted by Gasteiger charge is 2.08. The predicted octanol–water partition coefficient (Wildman–Crippen LogP) is -0.232. The molecule has 0 aromatic rings. The van der Waals surface area contributed by atoms with Gasteiger partial charge in [0.25, 0.3) is 0 Å². The molecule has 0 aliphatic carbocycles. The Morgan fingerprint density at radius 1 is 1.56 bits per heavy atom. The topological polar surface area (TPSA) is 60.2 Å². The summed E-state index contributed by atoms with van der Waals surface area (Å²) in [5.74, 6) is 0.290. The van der Waals surface area contributed by atoms with Crippen molar-refractivity contribution >= 4 is 9.84 Å². The van der Waals surface area contributed by atoms with Crippen molar-refractivity contribution < 1.29 is 8.42 Å². The quantitative estimate of drug-likeness (QED) is 0.606. The fraction of sp³-hybridized carbons (Fsp3) is 1.00. The lowest BCUT2D eigenvalue weighted by atomic mass is 10.4. The molecule has 56 valence electrons. The van der Waals surface area contributed by atoms with E-state index in [-0.39, 0.29) is 17.5 Å². The number of sulfone groups is 1. The Morgan fingerprint density at radius 3 is 2.11 bits per heavy atom. The summed E-state index contributed by atoms with van der Waals surface area (Å²) < 4.78 is 21.5. The van der Waals surface area contributed by atoms with Crippen LogP contribution in [0.3, 0.4) is 0 Å². The number of hydrogen-bond acceptors (Lipinski definition) is 3. The molecule has 0 heterocycles. The molecule has 1 atom stereocenters. The van der Waals surface area contributed by atoms with Crippen LogP contribution in [0, 0.1) is 0 Å². The highest BCUT2D eigenvalue weighted by atomic mass is 32.2. The van der Waals surface area contributed by atoms with E-state index in [0.29, 0.717) is 0 Å². The van der Waals surface area contributed by atoms with E-state index in [1.54, 1.807) is 13.8 Å². The van der Waals surface area contributed by atoms with Gasteiger partial charge in [-0.05, 0) is 6.92 Å². The Balaban J connectivity index is 3.90. The van der Waals surface area contributed by atoms with Crippen LogP contribution >= 0.6 is 0 Å². The SMILES string of the molecule is CCS(=O)(=O)C[C@@H](C)N. The van der Waals surface area contributed by atoms with E-state index in [4.69, 9.17) is 5.73 Å². The molecule has 0 saturated carbocycles. The van der Waals surface area contributed by atoms with Gasteiger partial charge in [-0.1, -0.05) is 6.92 Å². The van der Waals surface area contributed by atoms with Crippen molar-refractivity contribution in [1.82, 2.24) is 0 Å². The molecule has 3 nitrogen and oxygen atoms in total. The third kappa shape index (κ3) is 4.42. The normalized spacial score (nSPS) is 15.4. The van der Waals surface area contributed by atoms with Crippen molar-refractivity contribution in [1.29, 1.82) is 0 Å². The Kier molecular flexibility index (Phi) is 3.14. The van der Waals surface area contributed by atoms with Gasteiger partial charge < -0.3 is 5.73 Å². The molecule has 0 rings (SSSR count). The van der Waals surface area contributed by atoms with Crippen LogP contribution in [0.15, 0.2) is 0 Å². The zero-order valence-corrected chi connectivity index (χ0v) is 6.61. The molecular weight excluding hydrogens is 138 g/mol. The van der Waals surface area contributed by atoms with Crippen molar-refractivity contribution in [3.63, 3.8) is 0 Å². The van der Waals surface area contributed by atoms with Crippen LogP contribution in [0.2, 0.25) is 0 Å². The predicted molar refractivity (Wildman–Crippen MR) is 38.0 cm³/mol. The third-order valence-electron chi connectivity index (χ3n) is 0.957. The van der Waals surface area contributed by atoms with Crippen LogP contribution in [0.25, 0.3) is 0 Å². The summed E-state index contributed by atoms with van der Waals surface area (Å²) in [6.07, 6.45) is 0. The molecule has 0 aromatic carbocycles. The monoisotopic (exact) mass is 151 g/mol. The molecule has 0 spiro atoms. The number of hydrogen-bond donors (Lipinski definition) is 1. The largest absolute Gasteiger partial charge is 0.327 e. The Labute approximate surface area is 56.2 Å². The molecule has 0 fully saturated rings. The van der Waals surface area contributed by atoms with Crippen LogP contribution in [0.4, 0.5) is 0 Å². The fourth-order valence-corrected chi connectivity index (χ4v) is 1.56. The Morgan fingerprint density at radius 2 is 2.00 bits per heavy atom. The Hall–Kier alpha value is -0.0900. The van der Waals surface area contributed by atoms with Gasteiger partial charge in [-0.3, -0.25) is 0 Å². The third-order valence-corrected chi connectivity index (χ3v) is 2.87. The zero-order valence-electron chi connectivity index (χ0n) is 5.79. The highest BCUT2D eigenvalue weighted by molar-refractivity contribution is 7.91. The van der Waals surface area contributed by atoms with Gasteiger partial charge in [-0.2, -0.15) is 0 Å². The van der Waals surface area contributed by atoms with Crippen molar-refractivity contribution in [2.75, 3.05) is 11.5 Å². The molecule has 2 N–H and O–H groups in total. The van der Waals surface area contributed by atoms with Crippen LogP contribution < -0.4 is 5.73 Å². The smallest absolute Gasteiger partial charge is 0.151 e. The average molecular weight is 151 g/mol. The van der Waals surface area contributed by atoms with Gasteiger partial charge in [0.2, 0.25) is 0 Å². The maximum Gasteiger partial charge on any atom is 0.151 e. The van der Waals surface area contributed by atoms with E-state index < -0.39 is 9.84 Å². The average Bonchev–Trinajstić information content (AvgIpc) is 1.63. The molecule has 0 bridgehead atoms. The minimum absolute atomic E-state index is 0.101. The summed E-state index contributed by atoms with van der Waals surface area (Å²) in [5, 5.41) is 0. The highest BCUT2D eigenvalue weighted by Crippen LogP contribution is 1.90. The molecule has 0 radical (unpaired) electrons. The fourth-order valence-electron chi connectivity index (χ4n) is 0.518. The molecule has 0 aliphatic rings. The summed E-state index contributed by atoms with van der Waals surface area (Å²) >= 11 is 0. The van der Waals surface area contributed by atoms with Crippen molar-refractivity contribution in [2.45, 2.75) is 19.9 Å². The van der Waals surface area contributed by atoms with Crippen molar-refractivity contribution in [3.8, 4) is 0 Å².